The molecule has 4 rings (SSSR count). The molecule has 36 heavy (non-hydrogen) atoms. The average molecular weight is 623 g/mol. The van der Waals surface area contributed by atoms with Gasteiger partial charge in [-0.3, -0.25) is 9.48 Å². The Morgan fingerprint density at radius 3 is 2.56 bits per heavy atom. The Labute approximate surface area is 220 Å². The molecular weight excluding hydrogens is 603 g/mol. The molecule has 1 amide bonds. The summed E-state index contributed by atoms with van der Waals surface area (Å²) in [6.45, 7) is 0. The predicted molar refractivity (Wildman–Crippen MR) is 137 cm³/mol. The minimum absolute atomic E-state index is 0.0740. The molecule has 0 radical (unpaired) electrons. The minimum Gasteiger partial charge on any atom is -0.456 e. The Bertz CT molecular complexity index is 1570. The van der Waals surface area contributed by atoms with Gasteiger partial charge >= 0.3 is 0 Å². The lowest BCUT2D eigenvalue weighted by atomic mass is 9.98. The summed E-state index contributed by atoms with van der Waals surface area (Å²) < 4.78 is 62.2. The van der Waals surface area contributed by atoms with Crippen molar-refractivity contribution >= 4 is 38.3 Å². The molecule has 3 aromatic carbocycles. The minimum atomic E-state index is -3.67. The van der Waals surface area contributed by atoms with Crippen molar-refractivity contribution in [2.24, 2.45) is 12.8 Å². The van der Waals surface area contributed by atoms with Crippen molar-refractivity contribution in [1.82, 2.24) is 9.78 Å². The van der Waals surface area contributed by atoms with Crippen LogP contribution in [0.15, 0.2) is 71.9 Å². The Hall–Kier alpha value is -3.32. The number of nitrogens with zero attached hydrogens (tertiary/aromatic N) is 2. The molecule has 7 nitrogen and oxygen atoms in total. The zero-order valence-corrected chi connectivity index (χ0v) is 21.9. The van der Waals surface area contributed by atoms with E-state index < -0.39 is 27.4 Å². The number of rotatable bonds is 8. The third-order valence-electron chi connectivity index (χ3n) is 5.31. The van der Waals surface area contributed by atoms with Crippen LogP contribution in [-0.4, -0.2) is 24.1 Å². The van der Waals surface area contributed by atoms with Crippen molar-refractivity contribution < 1.29 is 26.7 Å². The topological polar surface area (TPSA) is 104 Å². The SMILES string of the molecule is Cn1cc(S(=O)(=O)Cc2cccc(Oc3cc(F)cc(Cc4ccc(I)cc4F)c3C(N)=O)c2)cn1. The summed E-state index contributed by atoms with van der Waals surface area (Å²) in [5.74, 6) is -2.37. The van der Waals surface area contributed by atoms with Crippen LogP contribution in [0.4, 0.5) is 8.78 Å². The highest BCUT2D eigenvalue weighted by atomic mass is 127. The monoisotopic (exact) mass is 623 g/mol. The van der Waals surface area contributed by atoms with Gasteiger partial charge in [-0.1, -0.05) is 18.2 Å². The summed E-state index contributed by atoms with van der Waals surface area (Å²) in [6, 6.07) is 12.9. The second-order valence-corrected chi connectivity index (χ2v) is 11.3. The smallest absolute Gasteiger partial charge is 0.252 e. The van der Waals surface area contributed by atoms with Crippen molar-refractivity contribution in [1.29, 1.82) is 0 Å². The second kappa shape index (κ2) is 10.3. The second-order valence-electron chi connectivity index (χ2n) is 8.07. The van der Waals surface area contributed by atoms with E-state index in [-0.39, 0.29) is 45.3 Å². The lowest BCUT2D eigenvalue weighted by molar-refractivity contribution is 0.0997. The van der Waals surface area contributed by atoms with Crippen LogP contribution in [-0.2, 0) is 29.1 Å². The maximum atomic E-state index is 14.5. The lowest BCUT2D eigenvalue weighted by Crippen LogP contribution is -2.16. The van der Waals surface area contributed by atoms with Gasteiger partial charge < -0.3 is 10.5 Å². The number of hydrogen-bond acceptors (Lipinski definition) is 5. The van der Waals surface area contributed by atoms with Crippen molar-refractivity contribution in [3.05, 3.63) is 104 Å². The molecule has 1 heterocycles. The number of carbonyl (C=O) groups excluding carboxylic acids is 1. The summed E-state index contributed by atoms with van der Waals surface area (Å²) in [7, 11) is -2.05. The van der Waals surface area contributed by atoms with Crippen molar-refractivity contribution in [2.45, 2.75) is 17.1 Å². The van der Waals surface area contributed by atoms with E-state index in [1.165, 1.54) is 35.3 Å². The summed E-state index contributed by atoms with van der Waals surface area (Å²) in [5.41, 5.74) is 6.33. The van der Waals surface area contributed by atoms with E-state index >= 15 is 0 Å². The lowest BCUT2D eigenvalue weighted by Gasteiger charge is -2.15. The van der Waals surface area contributed by atoms with Crippen LogP contribution in [0.3, 0.4) is 0 Å². The Balaban J connectivity index is 1.66. The standard InChI is InChI=1S/C25H20F2IN3O4S/c1-31-13-21(12-30-31)36(33,34)14-15-3-2-4-20(7-15)35-23-10-18(26)9-17(24(23)25(29)32)8-16-5-6-19(28)11-22(16)27/h2-7,9-13H,8,14H2,1H3,(H2,29,32). The number of aryl methyl sites for hydroxylation is 1. The number of primary amides is 1. The number of amides is 1. The highest BCUT2D eigenvalue weighted by molar-refractivity contribution is 14.1. The van der Waals surface area contributed by atoms with E-state index in [2.05, 4.69) is 5.10 Å². The van der Waals surface area contributed by atoms with Gasteiger partial charge in [0.2, 0.25) is 0 Å². The van der Waals surface area contributed by atoms with Gasteiger partial charge in [0.1, 0.15) is 28.0 Å². The van der Waals surface area contributed by atoms with E-state index in [4.69, 9.17) is 10.5 Å². The average Bonchev–Trinajstić information content (AvgIpc) is 3.22. The highest BCUT2D eigenvalue weighted by Gasteiger charge is 2.21. The van der Waals surface area contributed by atoms with Gasteiger partial charge in [0, 0.05) is 29.3 Å². The van der Waals surface area contributed by atoms with Crippen LogP contribution in [0, 0.1) is 15.2 Å². The number of halogens is 3. The molecule has 0 saturated carbocycles. The number of carbonyl (C=O) groups is 1. The Morgan fingerprint density at radius 1 is 1.11 bits per heavy atom. The molecule has 0 aliphatic carbocycles. The molecule has 0 spiro atoms. The first-order valence-electron chi connectivity index (χ1n) is 10.6. The molecular formula is C25H20F2IN3O4S. The van der Waals surface area contributed by atoms with Crippen LogP contribution >= 0.6 is 22.6 Å². The van der Waals surface area contributed by atoms with Gasteiger partial charge in [0.15, 0.2) is 9.84 Å². The number of hydrogen-bond donors (Lipinski definition) is 1. The Morgan fingerprint density at radius 2 is 1.89 bits per heavy atom. The molecule has 4 aromatic rings. The quantitative estimate of drug-likeness (QED) is 0.285. The van der Waals surface area contributed by atoms with E-state index in [1.54, 1.807) is 31.3 Å². The van der Waals surface area contributed by atoms with E-state index in [0.717, 1.165) is 12.1 Å². The Kier molecular flexibility index (Phi) is 7.41. The zero-order chi connectivity index (χ0) is 26.0. The normalized spacial score (nSPS) is 11.4. The van der Waals surface area contributed by atoms with E-state index in [1.807, 2.05) is 22.6 Å². The largest absolute Gasteiger partial charge is 0.456 e. The number of ether oxygens (including phenoxy) is 1. The van der Waals surface area contributed by atoms with Gasteiger partial charge in [-0.15, -0.1) is 0 Å². The summed E-state index contributed by atoms with van der Waals surface area (Å²) in [5, 5.41) is 3.89. The van der Waals surface area contributed by atoms with Gasteiger partial charge in [-0.2, -0.15) is 5.10 Å². The van der Waals surface area contributed by atoms with Crippen LogP contribution in [0.5, 0.6) is 11.5 Å². The highest BCUT2D eigenvalue weighted by Crippen LogP contribution is 2.32. The summed E-state index contributed by atoms with van der Waals surface area (Å²) in [4.78, 5) is 12.4. The number of benzene rings is 3. The molecule has 0 aliphatic heterocycles. The van der Waals surface area contributed by atoms with Crippen LogP contribution < -0.4 is 10.5 Å². The van der Waals surface area contributed by atoms with Gasteiger partial charge in [-0.05, 0) is 69.6 Å². The van der Waals surface area contributed by atoms with Crippen molar-refractivity contribution in [3.63, 3.8) is 0 Å². The van der Waals surface area contributed by atoms with Gasteiger partial charge in [0.05, 0.1) is 17.5 Å². The fourth-order valence-electron chi connectivity index (χ4n) is 3.69. The van der Waals surface area contributed by atoms with Crippen molar-refractivity contribution in [2.75, 3.05) is 0 Å². The molecule has 0 unspecified atom stereocenters. The first-order valence-corrected chi connectivity index (χ1v) is 13.3. The molecule has 0 fully saturated rings. The molecule has 186 valence electrons. The maximum absolute atomic E-state index is 14.5. The molecule has 2 N–H and O–H groups in total. The molecule has 0 saturated heterocycles. The fraction of sp³-hybridized carbons (Fsp3) is 0.120. The van der Waals surface area contributed by atoms with Crippen LogP contribution in [0.2, 0.25) is 0 Å². The van der Waals surface area contributed by atoms with Crippen LogP contribution in [0.1, 0.15) is 27.0 Å². The molecule has 0 aliphatic rings. The van der Waals surface area contributed by atoms with Gasteiger partial charge in [-0.25, -0.2) is 17.2 Å². The van der Waals surface area contributed by atoms with Crippen LogP contribution in [0.25, 0.3) is 0 Å². The third kappa shape index (κ3) is 5.90. The third-order valence-corrected chi connectivity index (χ3v) is 7.63. The van der Waals surface area contributed by atoms with E-state index in [0.29, 0.717) is 9.13 Å². The number of aromatic nitrogens is 2. The summed E-state index contributed by atoms with van der Waals surface area (Å²) >= 11 is 1.97. The maximum Gasteiger partial charge on any atom is 0.252 e. The first-order chi connectivity index (χ1) is 17.0. The number of sulfone groups is 1. The van der Waals surface area contributed by atoms with E-state index in [9.17, 15) is 22.0 Å². The van der Waals surface area contributed by atoms with Gasteiger partial charge in [0.25, 0.3) is 5.91 Å². The predicted octanol–water partition coefficient (Wildman–Crippen LogP) is 4.76. The first kappa shape index (κ1) is 25.8. The number of nitrogens with two attached hydrogens (primary N) is 1. The van der Waals surface area contributed by atoms with Crippen molar-refractivity contribution in [3.8, 4) is 11.5 Å². The zero-order valence-electron chi connectivity index (χ0n) is 18.9. The molecule has 0 atom stereocenters. The fourth-order valence-corrected chi connectivity index (χ4v) is 5.45. The summed E-state index contributed by atoms with van der Waals surface area (Å²) in [6.07, 6.45) is 2.58. The molecule has 1 aromatic heterocycles. The molecule has 11 heteroatoms. The molecule has 0 bridgehead atoms.